The first-order valence-corrected chi connectivity index (χ1v) is 8.15. The van der Waals surface area contributed by atoms with Gasteiger partial charge in [-0.25, -0.2) is 0 Å². The smallest absolute Gasteiger partial charge is 0.227 e. The number of amides is 1. The molecular weight excluding hydrogens is 310 g/mol. The first kappa shape index (κ1) is 17.5. The average molecular weight is 332 g/mol. The molecule has 0 aliphatic heterocycles. The molecule has 4 heteroatoms. The van der Waals surface area contributed by atoms with Gasteiger partial charge in [-0.3, -0.25) is 4.79 Å². The summed E-state index contributed by atoms with van der Waals surface area (Å²) in [5.41, 5.74) is 1.91. The monoisotopic (exact) mass is 331 g/mol. The molecule has 2 atom stereocenters. The zero-order chi connectivity index (χ0) is 16.7. The Morgan fingerprint density at radius 1 is 1.13 bits per heavy atom. The van der Waals surface area contributed by atoms with Gasteiger partial charge in [0.2, 0.25) is 5.91 Å². The molecule has 0 heterocycles. The molecule has 23 heavy (non-hydrogen) atoms. The van der Waals surface area contributed by atoms with Crippen LogP contribution >= 0.6 is 11.6 Å². The third kappa shape index (κ3) is 4.57. The van der Waals surface area contributed by atoms with E-state index < -0.39 is 0 Å². The molecule has 0 aliphatic carbocycles. The molecule has 0 fully saturated rings. The van der Waals surface area contributed by atoms with Gasteiger partial charge in [0.05, 0.1) is 5.92 Å². The lowest BCUT2D eigenvalue weighted by Gasteiger charge is -2.20. The topological polar surface area (TPSA) is 38.3 Å². The number of carbonyl (C=O) groups excluding carboxylic acids is 1. The van der Waals surface area contributed by atoms with Gasteiger partial charge in [-0.05, 0) is 18.1 Å². The van der Waals surface area contributed by atoms with E-state index in [-0.39, 0.29) is 17.9 Å². The normalized spacial score (nSPS) is 13.3. The van der Waals surface area contributed by atoms with Crippen LogP contribution in [0.2, 0.25) is 5.02 Å². The second kappa shape index (κ2) is 8.70. The lowest BCUT2D eigenvalue weighted by Crippen LogP contribution is -2.33. The number of hydrogen-bond acceptors (Lipinski definition) is 2. The number of carbonyl (C=O) groups is 1. The zero-order valence-electron chi connectivity index (χ0n) is 13.5. The van der Waals surface area contributed by atoms with Crippen molar-refractivity contribution in [2.45, 2.75) is 25.4 Å². The van der Waals surface area contributed by atoms with Gasteiger partial charge in [0.1, 0.15) is 6.10 Å². The number of methoxy groups -OCH3 is 1. The maximum atomic E-state index is 12.5. The van der Waals surface area contributed by atoms with E-state index in [0.717, 1.165) is 17.5 Å². The lowest BCUT2D eigenvalue weighted by molar-refractivity contribution is -0.123. The van der Waals surface area contributed by atoms with E-state index in [4.69, 9.17) is 16.3 Å². The van der Waals surface area contributed by atoms with Crippen molar-refractivity contribution < 1.29 is 9.53 Å². The summed E-state index contributed by atoms with van der Waals surface area (Å²) in [6.07, 6.45) is 0.487. The van der Waals surface area contributed by atoms with E-state index in [1.54, 1.807) is 7.11 Å². The van der Waals surface area contributed by atoms with Crippen molar-refractivity contribution in [3.63, 3.8) is 0 Å². The Morgan fingerprint density at radius 3 is 2.39 bits per heavy atom. The predicted octanol–water partition coefficient (Wildman–Crippen LogP) is 4.34. The molecule has 0 aromatic heterocycles. The van der Waals surface area contributed by atoms with E-state index in [1.165, 1.54) is 0 Å². The lowest BCUT2D eigenvalue weighted by atomic mass is 9.95. The molecule has 2 aromatic carbocycles. The third-order valence-electron chi connectivity index (χ3n) is 3.92. The fraction of sp³-hybridized carbons (Fsp3) is 0.316. The summed E-state index contributed by atoms with van der Waals surface area (Å²) in [5, 5.41) is 3.63. The summed E-state index contributed by atoms with van der Waals surface area (Å²) >= 11 is 6.21. The van der Waals surface area contributed by atoms with Crippen molar-refractivity contribution >= 4 is 17.5 Å². The summed E-state index contributed by atoms with van der Waals surface area (Å²) in [7, 11) is 1.62. The van der Waals surface area contributed by atoms with E-state index in [9.17, 15) is 4.79 Å². The molecule has 1 N–H and O–H groups in total. The van der Waals surface area contributed by atoms with Crippen molar-refractivity contribution in [3.8, 4) is 0 Å². The van der Waals surface area contributed by atoms with E-state index in [1.807, 2.05) is 61.5 Å². The second-order valence-corrected chi connectivity index (χ2v) is 5.77. The van der Waals surface area contributed by atoms with E-state index in [2.05, 4.69) is 5.32 Å². The summed E-state index contributed by atoms with van der Waals surface area (Å²) in [6.45, 7) is 2.40. The van der Waals surface area contributed by atoms with Gasteiger partial charge in [0.15, 0.2) is 0 Å². The molecule has 1 amide bonds. The summed E-state index contributed by atoms with van der Waals surface area (Å²) < 4.78 is 5.49. The molecule has 3 nitrogen and oxygen atoms in total. The first-order chi connectivity index (χ1) is 11.2. The van der Waals surface area contributed by atoms with Gasteiger partial charge in [-0.2, -0.15) is 0 Å². The highest BCUT2D eigenvalue weighted by molar-refractivity contribution is 6.31. The first-order valence-electron chi connectivity index (χ1n) is 7.77. The van der Waals surface area contributed by atoms with Crippen molar-refractivity contribution in [3.05, 3.63) is 70.7 Å². The van der Waals surface area contributed by atoms with Crippen molar-refractivity contribution in [1.82, 2.24) is 5.32 Å². The van der Waals surface area contributed by atoms with E-state index in [0.29, 0.717) is 11.6 Å². The maximum absolute atomic E-state index is 12.5. The van der Waals surface area contributed by atoms with Crippen LogP contribution in [0.25, 0.3) is 0 Å². The Kier molecular flexibility index (Phi) is 6.63. The molecule has 0 saturated heterocycles. The van der Waals surface area contributed by atoms with Crippen LogP contribution in [-0.4, -0.2) is 19.6 Å². The van der Waals surface area contributed by atoms with Crippen LogP contribution in [0.4, 0.5) is 0 Å². The summed E-state index contributed by atoms with van der Waals surface area (Å²) in [4.78, 5) is 12.5. The number of rotatable bonds is 7. The van der Waals surface area contributed by atoms with Crippen LogP contribution < -0.4 is 5.32 Å². The molecular formula is C19H22ClNO2. The predicted molar refractivity (Wildman–Crippen MR) is 93.7 cm³/mol. The molecule has 0 radical (unpaired) electrons. The summed E-state index contributed by atoms with van der Waals surface area (Å²) in [5.74, 6) is -0.146. The third-order valence-corrected chi connectivity index (χ3v) is 4.27. The number of ether oxygens (including phenoxy) is 1. The Hall–Kier alpha value is -1.84. The maximum Gasteiger partial charge on any atom is 0.227 e. The largest absolute Gasteiger partial charge is 0.375 e. The molecule has 0 spiro atoms. The van der Waals surface area contributed by atoms with Gasteiger partial charge in [-0.15, -0.1) is 0 Å². The molecule has 2 rings (SSSR count). The minimum absolute atomic E-state index is 0.00723. The van der Waals surface area contributed by atoms with Gasteiger partial charge in [0, 0.05) is 24.2 Å². The fourth-order valence-corrected chi connectivity index (χ4v) is 2.89. The molecule has 0 saturated carbocycles. The van der Waals surface area contributed by atoms with Crippen molar-refractivity contribution in [2.24, 2.45) is 0 Å². The van der Waals surface area contributed by atoms with Crippen LogP contribution in [0, 0.1) is 0 Å². The average Bonchev–Trinajstić information content (AvgIpc) is 2.58. The highest BCUT2D eigenvalue weighted by Gasteiger charge is 2.20. The number of benzene rings is 2. The quantitative estimate of drug-likeness (QED) is 0.819. The molecule has 0 unspecified atom stereocenters. The summed E-state index contributed by atoms with van der Waals surface area (Å²) in [6, 6.07) is 17.3. The highest BCUT2D eigenvalue weighted by atomic mass is 35.5. The number of nitrogens with one attached hydrogen (secondary N) is 1. The molecule has 2 aromatic rings. The van der Waals surface area contributed by atoms with Gasteiger partial charge in [-0.1, -0.05) is 67.1 Å². The molecule has 0 bridgehead atoms. The van der Waals surface area contributed by atoms with Gasteiger partial charge >= 0.3 is 0 Å². The molecule has 122 valence electrons. The zero-order valence-corrected chi connectivity index (χ0v) is 14.2. The number of hydrogen-bond donors (Lipinski definition) is 1. The Balaban J connectivity index is 2.03. The van der Waals surface area contributed by atoms with Crippen LogP contribution in [-0.2, 0) is 9.53 Å². The van der Waals surface area contributed by atoms with Gasteiger partial charge in [0.25, 0.3) is 0 Å². The van der Waals surface area contributed by atoms with Crippen LogP contribution in [0.3, 0.4) is 0 Å². The Labute approximate surface area is 142 Å². The van der Waals surface area contributed by atoms with Crippen LogP contribution in [0.5, 0.6) is 0 Å². The molecule has 0 aliphatic rings. The van der Waals surface area contributed by atoms with Gasteiger partial charge < -0.3 is 10.1 Å². The standard InChI is InChI=1S/C19H22ClNO2/c1-3-15(14-9-5-4-6-10-14)19(22)21-13-18(23-2)16-11-7-8-12-17(16)20/h4-12,15,18H,3,13H2,1-2H3,(H,21,22)/t15-,18+/m0/s1. The minimum Gasteiger partial charge on any atom is -0.375 e. The second-order valence-electron chi connectivity index (χ2n) is 5.36. The van der Waals surface area contributed by atoms with Crippen molar-refractivity contribution in [2.75, 3.05) is 13.7 Å². The minimum atomic E-state index is -0.263. The number of halogens is 1. The van der Waals surface area contributed by atoms with E-state index >= 15 is 0 Å². The van der Waals surface area contributed by atoms with Crippen molar-refractivity contribution in [1.29, 1.82) is 0 Å². The van der Waals surface area contributed by atoms with Crippen LogP contribution in [0.1, 0.15) is 36.5 Å². The highest BCUT2D eigenvalue weighted by Crippen LogP contribution is 2.25. The Morgan fingerprint density at radius 2 is 1.78 bits per heavy atom. The fourth-order valence-electron chi connectivity index (χ4n) is 2.63. The SMILES string of the molecule is CC[C@H](C(=O)NC[C@@H](OC)c1ccccc1Cl)c1ccccc1. The Bertz CT molecular complexity index is 630. The van der Waals surface area contributed by atoms with Crippen LogP contribution in [0.15, 0.2) is 54.6 Å².